The zero-order valence-electron chi connectivity index (χ0n) is 12.6. The quantitative estimate of drug-likeness (QED) is 0.924. The number of imidazole rings is 1. The molecule has 2 N–H and O–H groups in total. The van der Waals surface area contributed by atoms with Crippen LogP contribution in [0.1, 0.15) is 56.3 Å². The van der Waals surface area contributed by atoms with Crippen LogP contribution < -0.4 is 5.73 Å². The number of aryl methyl sites for hydroxylation is 2. The van der Waals surface area contributed by atoms with Gasteiger partial charge in [0.2, 0.25) is 0 Å². The fourth-order valence-corrected chi connectivity index (χ4v) is 3.36. The van der Waals surface area contributed by atoms with Crippen LogP contribution in [0.25, 0.3) is 11.0 Å². The van der Waals surface area contributed by atoms with Crippen LogP contribution in [-0.2, 0) is 13.5 Å². The monoisotopic (exact) mass is 271 g/mol. The summed E-state index contributed by atoms with van der Waals surface area (Å²) >= 11 is 0. The Labute approximate surface area is 121 Å². The Morgan fingerprint density at radius 2 is 2.10 bits per heavy atom. The van der Waals surface area contributed by atoms with Crippen LogP contribution in [0.2, 0.25) is 0 Å². The van der Waals surface area contributed by atoms with E-state index < -0.39 is 0 Å². The van der Waals surface area contributed by atoms with Gasteiger partial charge in [0.15, 0.2) is 0 Å². The lowest BCUT2D eigenvalue weighted by Gasteiger charge is -2.08. The molecule has 3 nitrogen and oxygen atoms in total. The molecule has 1 aliphatic rings. The van der Waals surface area contributed by atoms with Crippen molar-refractivity contribution in [1.82, 2.24) is 9.55 Å². The molecule has 0 saturated heterocycles. The molecule has 1 fully saturated rings. The summed E-state index contributed by atoms with van der Waals surface area (Å²) in [4.78, 5) is 4.91. The summed E-state index contributed by atoms with van der Waals surface area (Å²) in [7, 11) is 2.16. The summed E-state index contributed by atoms with van der Waals surface area (Å²) in [6.45, 7) is 2.07. The van der Waals surface area contributed by atoms with Gasteiger partial charge in [-0.3, -0.25) is 0 Å². The van der Waals surface area contributed by atoms with Gasteiger partial charge in [0.1, 0.15) is 5.82 Å². The zero-order chi connectivity index (χ0) is 14.1. The molecule has 0 radical (unpaired) electrons. The molecule has 0 bridgehead atoms. The highest BCUT2D eigenvalue weighted by Gasteiger charge is 2.22. The molecule has 0 spiro atoms. The Balaban J connectivity index is 1.90. The number of fused-ring (bicyclic) bond motifs is 1. The second-order valence-corrected chi connectivity index (χ2v) is 6.35. The van der Waals surface area contributed by atoms with E-state index in [1.165, 1.54) is 42.6 Å². The highest BCUT2D eigenvalue weighted by atomic mass is 15.1. The SMILES string of the molecule is CC(N)CCc1ccc2c(c1)nc(C1CCCC1)n2C. The molecular formula is C17H25N3. The third-order valence-electron chi connectivity index (χ3n) is 4.59. The van der Waals surface area contributed by atoms with Gasteiger partial charge in [-0.05, 0) is 50.3 Å². The van der Waals surface area contributed by atoms with Gasteiger partial charge in [0.25, 0.3) is 0 Å². The smallest absolute Gasteiger partial charge is 0.112 e. The van der Waals surface area contributed by atoms with E-state index in [4.69, 9.17) is 10.7 Å². The molecular weight excluding hydrogens is 246 g/mol. The second kappa shape index (κ2) is 5.57. The second-order valence-electron chi connectivity index (χ2n) is 6.35. The van der Waals surface area contributed by atoms with Gasteiger partial charge >= 0.3 is 0 Å². The Morgan fingerprint density at radius 1 is 1.35 bits per heavy atom. The number of hydrogen-bond acceptors (Lipinski definition) is 2. The van der Waals surface area contributed by atoms with E-state index in [0.717, 1.165) is 18.4 Å². The lowest BCUT2D eigenvalue weighted by molar-refractivity contribution is 0.639. The van der Waals surface area contributed by atoms with Gasteiger partial charge in [-0.15, -0.1) is 0 Å². The van der Waals surface area contributed by atoms with Crippen molar-refractivity contribution in [2.45, 2.75) is 57.4 Å². The summed E-state index contributed by atoms with van der Waals surface area (Å²) in [5, 5.41) is 0. The molecule has 1 saturated carbocycles. The number of aromatic nitrogens is 2. The maximum atomic E-state index is 5.84. The summed E-state index contributed by atoms with van der Waals surface area (Å²) in [6, 6.07) is 6.96. The molecule has 108 valence electrons. The predicted octanol–water partition coefficient (Wildman–Crippen LogP) is 3.51. The maximum Gasteiger partial charge on any atom is 0.112 e. The topological polar surface area (TPSA) is 43.8 Å². The number of benzene rings is 1. The Bertz CT molecular complexity index is 592. The fourth-order valence-electron chi connectivity index (χ4n) is 3.36. The van der Waals surface area contributed by atoms with Crippen LogP contribution in [0.5, 0.6) is 0 Å². The molecule has 0 amide bonds. The molecule has 1 aliphatic carbocycles. The van der Waals surface area contributed by atoms with Crippen LogP contribution in [-0.4, -0.2) is 15.6 Å². The zero-order valence-corrected chi connectivity index (χ0v) is 12.6. The highest BCUT2D eigenvalue weighted by molar-refractivity contribution is 5.77. The van der Waals surface area contributed by atoms with Crippen LogP contribution in [0, 0.1) is 0 Å². The highest BCUT2D eigenvalue weighted by Crippen LogP contribution is 2.34. The minimum atomic E-state index is 0.267. The lowest BCUT2D eigenvalue weighted by atomic mass is 10.1. The lowest BCUT2D eigenvalue weighted by Crippen LogP contribution is -2.15. The third-order valence-corrected chi connectivity index (χ3v) is 4.59. The molecule has 1 aromatic heterocycles. The van der Waals surface area contributed by atoms with Crippen molar-refractivity contribution in [1.29, 1.82) is 0 Å². The molecule has 0 aliphatic heterocycles. The van der Waals surface area contributed by atoms with Crippen LogP contribution in [0.4, 0.5) is 0 Å². The average molecular weight is 271 g/mol. The van der Waals surface area contributed by atoms with Gasteiger partial charge in [-0.2, -0.15) is 0 Å². The van der Waals surface area contributed by atoms with E-state index in [-0.39, 0.29) is 6.04 Å². The molecule has 2 aromatic rings. The van der Waals surface area contributed by atoms with Crippen molar-refractivity contribution in [2.24, 2.45) is 12.8 Å². The normalized spacial score (nSPS) is 17.9. The third kappa shape index (κ3) is 2.59. The molecule has 3 rings (SSSR count). The minimum absolute atomic E-state index is 0.267. The Hall–Kier alpha value is -1.35. The van der Waals surface area contributed by atoms with Crippen molar-refractivity contribution in [3.63, 3.8) is 0 Å². The van der Waals surface area contributed by atoms with E-state index in [9.17, 15) is 0 Å². The molecule has 1 atom stereocenters. The molecule has 1 heterocycles. The van der Waals surface area contributed by atoms with Crippen LogP contribution in [0.15, 0.2) is 18.2 Å². The first-order valence-electron chi connectivity index (χ1n) is 7.86. The standard InChI is InChI=1S/C17H25N3/c1-12(18)7-8-13-9-10-16-15(11-13)19-17(20(16)2)14-5-3-4-6-14/h9-12,14H,3-8,18H2,1-2H3. The van der Waals surface area contributed by atoms with Crippen molar-refractivity contribution >= 4 is 11.0 Å². The molecule has 20 heavy (non-hydrogen) atoms. The van der Waals surface area contributed by atoms with Crippen molar-refractivity contribution in [3.05, 3.63) is 29.6 Å². The number of nitrogens with zero attached hydrogens (tertiary/aromatic N) is 2. The van der Waals surface area contributed by atoms with Crippen molar-refractivity contribution < 1.29 is 0 Å². The first kappa shape index (κ1) is 13.6. The Kier molecular flexibility index (Phi) is 3.79. The summed E-state index contributed by atoms with van der Waals surface area (Å²) in [5.74, 6) is 1.95. The Morgan fingerprint density at radius 3 is 2.80 bits per heavy atom. The fraction of sp³-hybridized carbons (Fsp3) is 0.588. The predicted molar refractivity (Wildman–Crippen MR) is 83.9 cm³/mol. The van der Waals surface area contributed by atoms with Crippen LogP contribution in [0.3, 0.4) is 0 Å². The van der Waals surface area contributed by atoms with Gasteiger partial charge in [0, 0.05) is 19.0 Å². The molecule has 1 unspecified atom stereocenters. The van der Waals surface area contributed by atoms with E-state index in [1.54, 1.807) is 0 Å². The number of nitrogens with two attached hydrogens (primary N) is 1. The van der Waals surface area contributed by atoms with E-state index >= 15 is 0 Å². The largest absolute Gasteiger partial charge is 0.331 e. The van der Waals surface area contributed by atoms with Gasteiger partial charge in [-0.25, -0.2) is 4.98 Å². The van der Waals surface area contributed by atoms with Crippen LogP contribution >= 0.6 is 0 Å². The summed E-state index contributed by atoms with van der Waals surface area (Å²) in [6.07, 6.45) is 7.39. The molecule has 3 heteroatoms. The van der Waals surface area contributed by atoms with Crippen molar-refractivity contribution in [2.75, 3.05) is 0 Å². The van der Waals surface area contributed by atoms with Gasteiger partial charge in [0.05, 0.1) is 11.0 Å². The maximum absolute atomic E-state index is 5.84. The van der Waals surface area contributed by atoms with E-state index in [2.05, 4.69) is 36.7 Å². The number of rotatable bonds is 4. The summed E-state index contributed by atoms with van der Waals surface area (Å²) < 4.78 is 2.29. The van der Waals surface area contributed by atoms with E-state index in [1.807, 2.05) is 0 Å². The van der Waals surface area contributed by atoms with Gasteiger partial charge in [-0.1, -0.05) is 18.9 Å². The molecule has 1 aromatic carbocycles. The van der Waals surface area contributed by atoms with E-state index in [0.29, 0.717) is 5.92 Å². The average Bonchev–Trinajstić information content (AvgIpc) is 3.04. The van der Waals surface area contributed by atoms with Gasteiger partial charge < -0.3 is 10.3 Å². The first-order chi connectivity index (χ1) is 9.65. The summed E-state index contributed by atoms with van der Waals surface area (Å²) in [5.41, 5.74) is 9.61. The first-order valence-corrected chi connectivity index (χ1v) is 7.86. The number of hydrogen-bond donors (Lipinski definition) is 1. The van der Waals surface area contributed by atoms with Crippen molar-refractivity contribution in [3.8, 4) is 0 Å². The minimum Gasteiger partial charge on any atom is -0.331 e.